The van der Waals surface area contributed by atoms with Gasteiger partial charge in [0.15, 0.2) is 0 Å². The topological polar surface area (TPSA) is 127 Å². The summed E-state index contributed by atoms with van der Waals surface area (Å²) in [6, 6.07) is 0. The molecular weight excluding hydrogens is 474 g/mol. The first-order chi connectivity index (χ1) is 14.7. The molecule has 1 aliphatic heterocycles. The first-order valence-corrected chi connectivity index (χ1v) is 9.43. The zero-order valence-electron chi connectivity index (χ0n) is 16.3. The molecule has 0 saturated heterocycles. The second-order valence-electron chi connectivity index (χ2n) is 5.99. The van der Waals surface area contributed by atoms with Gasteiger partial charge in [-0.3, -0.25) is 4.68 Å². The second kappa shape index (κ2) is 11.8. The van der Waals surface area contributed by atoms with Gasteiger partial charge in [0, 0.05) is 37.9 Å². The van der Waals surface area contributed by atoms with Crippen LogP contribution in [0, 0.1) is 0 Å². The van der Waals surface area contributed by atoms with Gasteiger partial charge in [-0.25, -0.2) is 14.6 Å². The zero-order chi connectivity index (χ0) is 24.5. The summed E-state index contributed by atoms with van der Waals surface area (Å²) in [5.41, 5.74) is 2.39. The normalized spacial score (nSPS) is 15.5. The number of alkyl halides is 6. The van der Waals surface area contributed by atoms with E-state index >= 15 is 0 Å². The maximum atomic E-state index is 10.6. The first kappa shape index (κ1) is 27.3. The number of carboxylic acid groups (broad SMARTS) is 2. The van der Waals surface area contributed by atoms with E-state index in [1.807, 2.05) is 23.3 Å². The molecule has 1 atom stereocenters. The summed E-state index contributed by atoms with van der Waals surface area (Å²) in [5, 5.41) is 25.2. The molecule has 0 amide bonds. The molecule has 0 saturated carbocycles. The molecule has 1 aliphatic rings. The quantitative estimate of drug-likeness (QED) is 0.556. The SMILES string of the molecule is Cn1cc2c(n1)C(CNCc1nccs1)OCC2.O=C(O)C(F)(F)F.O=C(O)C(F)(F)F. The highest BCUT2D eigenvalue weighted by Crippen LogP contribution is 2.24. The van der Waals surface area contributed by atoms with Crippen molar-refractivity contribution in [2.75, 3.05) is 13.2 Å². The lowest BCUT2D eigenvalue weighted by atomic mass is 10.1. The number of aryl methyl sites for hydroxylation is 1. The van der Waals surface area contributed by atoms with E-state index in [1.54, 1.807) is 11.3 Å². The number of carbonyl (C=O) groups is 2. The Bertz CT molecular complexity index is 845. The van der Waals surface area contributed by atoms with Gasteiger partial charge in [0.25, 0.3) is 0 Å². The van der Waals surface area contributed by atoms with Crippen molar-refractivity contribution in [2.45, 2.75) is 31.4 Å². The van der Waals surface area contributed by atoms with Crippen LogP contribution in [0.5, 0.6) is 0 Å². The Morgan fingerprint density at radius 3 is 2.25 bits per heavy atom. The summed E-state index contributed by atoms with van der Waals surface area (Å²) in [5.74, 6) is -5.51. The van der Waals surface area contributed by atoms with Gasteiger partial charge in [0.1, 0.15) is 11.1 Å². The van der Waals surface area contributed by atoms with Crippen LogP contribution in [0.2, 0.25) is 0 Å². The third-order valence-electron chi connectivity index (χ3n) is 3.51. The van der Waals surface area contributed by atoms with Crippen molar-refractivity contribution in [1.29, 1.82) is 0 Å². The van der Waals surface area contributed by atoms with Gasteiger partial charge in [-0.1, -0.05) is 0 Å². The summed E-state index contributed by atoms with van der Waals surface area (Å²) in [6.07, 6.45) is -5.22. The summed E-state index contributed by atoms with van der Waals surface area (Å²) >= 11 is 1.67. The molecular formula is C16H18F6N4O5S. The van der Waals surface area contributed by atoms with E-state index in [-0.39, 0.29) is 6.10 Å². The van der Waals surface area contributed by atoms with Crippen LogP contribution < -0.4 is 5.32 Å². The Morgan fingerprint density at radius 2 is 1.78 bits per heavy atom. The highest BCUT2D eigenvalue weighted by atomic mass is 32.1. The van der Waals surface area contributed by atoms with Gasteiger partial charge in [0.05, 0.1) is 12.3 Å². The van der Waals surface area contributed by atoms with Gasteiger partial charge in [-0.2, -0.15) is 31.4 Å². The maximum Gasteiger partial charge on any atom is 0.490 e. The minimum absolute atomic E-state index is 0.0647. The van der Waals surface area contributed by atoms with E-state index in [9.17, 15) is 26.3 Å². The molecule has 180 valence electrons. The summed E-state index contributed by atoms with van der Waals surface area (Å²) < 4.78 is 71.1. The number of fused-ring (bicyclic) bond motifs is 1. The van der Waals surface area contributed by atoms with E-state index in [0.29, 0.717) is 0 Å². The molecule has 3 rings (SSSR count). The number of carboxylic acids is 2. The maximum absolute atomic E-state index is 10.6. The fraction of sp³-hybridized carbons (Fsp3) is 0.500. The monoisotopic (exact) mass is 492 g/mol. The standard InChI is InChI=1S/C12H16N4OS.2C2HF3O2/c1-16-8-9-2-4-17-10(12(9)15-16)6-13-7-11-14-3-5-18-11;2*3-2(4,5)1(6)7/h3,5,8,10,13H,2,4,6-7H2,1H3;2*(H,6,7). The summed E-state index contributed by atoms with van der Waals surface area (Å²) in [6.45, 7) is 2.35. The van der Waals surface area contributed by atoms with E-state index in [1.165, 1.54) is 5.56 Å². The van der Waals surface area contributed by atoms with E-state index < -0.39 is 24.3 Å². The van der Waals surface area contributed by atoms with E-state index in [4.69, 9.17) is 24.5 Å². The Morgan fingerprint density at radius 1 is 1.22 bits per heavy atom. The molecule has 0 spiro atoms. The average molecular weight is 492 g/mol. The largest absolute Gasteiger partial charge is 0.490 e. The van der Waals surface area contributed by atoms with Crippen molar-refractivity contribution in [2.24, 2.45) is 7.05 Å². The van der Waals surface area contributed by atoms with Crippen molar-refractivity contribution in [3.8, 4) is 0 Å². The van der Waals surface area contributed by atoms with Crippen LogP contribution in [0.3, 0.4) is 0 Å². The van der Waals surface area contributed by atoms with Crippen molar-refractivity contribution in [3.05, 3.63) is 34.0 Å². The molecule has 1 unspecified atom stereocenters. The number of ether oxygens (including phenoxy) is 1. The van der Waals surface area contributed by atoms with Crippen molar-refractivity contribution >= 4 is 23.3 Å². The Hall–Kier alpha value is -2.72. The Kier molecular flexibility index (Phi) is 10.0. The Labute approximate surface area is 180 Å². The average Bonchev–Trinajstić information content (AvgIpc) is 3.30. The molecule has 0 fully saturated rings. The number of hydrogen-bond donors (Lipinski definition) is 3. The minimum Gasteiger partial charge on any atom is -0.475 e. The number of aliphatic carboxylic acids is 2. The lowest BCUT2D eigenvalue weighted by Crippen LogP contribution is -2.27. The van der Waals surface area contributed by atoms with Gasteiger partial charge in [-0.05, 0) is 12.0 Å². The molecule has 16 heteroatoms. The third kappa shape index (κ3) is 9.61. The number of thiazole rings is 1. The smallest absolute Gasteiger partial charge is 0.475 e. The van der Waals surface area contributed by atoms with Crippen molar-refractivity contribution in [1.82, 2.24) is 20.1 Å². The van der Waals surface area contributed by atoms with Crippen LogP contribution in [0.25, 0.3) is 0 Å². The second-order valence-corrected chi connectivity index (χ2v) is 6.96. The molecule has 0 bridgehead atoms. The third-order valence-corrected chi connectivity index (χ3v) is 4.29. The van der Waals surface area contributed by atoms with Crippen LogP contribution in [0.4, 0.5) is 26.3 Å². The number of rotatable bonds is 4. The predicted octanol–water partition coefficient (Wildman–Crippen LogP) is 2.55. The van der Waals surface area contributed by atoms with Crippen molar-refractivity contribution < 1.29 is 50.9 Å². The molecule has 0 aromatic carbocycles. The van der Waals surface area contributed by atoms with Crippen LogP contribution in [-0.4, -0.2) is 62.4 Å². The number of nitrogens with zero attached hydrogens (tertiary/aromatic N) is 3. The van der Waals surface area contributed by atoms with Crippen LogP contribution in [-0.2, 0) is 34.3 Å². The van der Waals surface area contributed by atoms with Crippen LogP contribution in [0.15, 0.2) is 17.8 Å². The fourth-order valence-corrected chi connectivity index (χ4v) is 2.80. The number of halogens is 6. The molecule has 2 aromatic rings. The van der Waals surface area contributed by atoms with E-state index in [2.05, 4.69) is 21.6 Å². The van der Waals surface area contributed by atoms with E-state index in [0.717, 1.165) is 36.8 Å². The van der Waals surface area contributed by atoms with Crippen LogP contribution >= 0.6 is 11.3 Å². The number of nitrogens with one attached hydrogen (secondary N) is 1. The number of aromatic nitrogens is 3. The van der Waals surface area contributed by atoms with Crippen LogP contribution in [0.1, 0.15) is 22.4 Å². The Balaban J connectivity index is 0.000000305. The predicted molar refractivity (Wildman–Crippen MR) is 96.8 cm³/mol. The molecule has 2 aromatic heterocycles. The number of hydrogen-bond acceptors (Lipinski definition) is 7. The summed E-state index contributed by atoms with van der Waals surface area (Å²) in [7, 11) is 1.96. The molecule has 0 aliphatic carbocycles. The lowest BCUT2D eigenvalue weighted by molar-refractivity contribution is -0.193. The highest BCUT2D eigenvalue weighted by molar-refractivity contribution is 7.09. The lowest BCUT2D eigenvalue weighted by Gasteiger charge is -2.22. The highest BCUT2D eigenvalue weighted by Gasteiger charge is 2.38. The van der Waals surface area contributed by atoms with Gasteiger partial charge in [0.2, 0.25) is 0 Å². The van der Waals surface area contributed by atoms with Gasteiger partial charge in [-0.15, -0.1) is 11.3 Å². The fourth-order valence-electron chi connectivity index (χ4n) is 2.21. The van der Waals surface area contributed by atoms with Gasteiger partial charge < -0.3 is 20.3 Å². The minimum atomic E-state index is -5.08. The summed E-state index contributed by atoms with van der Waals surface area (Å²) in [4.78, 5) is 22.0. The molecule has 9 nitrogen and oxygen atoms in total. The van der Waals surface area contributed by atoms with Gasteiger partial charge >= 0.3 is 24.3 Å². The zero-order valence-corrected chi connectivity index (χ0v) is 17.1. The molecule has 32 heavy (non-hydrogen) atoms. The molecule has 3 heterocycles. The van der Waals surface area contributed by atoms with Crippen molar-refractivity contribution in [3.63, 3.8) is 0 Å². The molecule has 3 N–H and O–H groups in total. The first-order valence-electron chi connectivity index (χ1n) is 8.55. The molecule has 0 radical (unpaired) electrons.